The molecular formula is C30H36ClN5O2. The molecule has 1 fully saturated rings. The highest BCUT2D eigenvalue weighted by molar-refractivity contribution is 6.34. The molecule has 2 amide bonds. The maximum atomic E-state index is 13.0. The number of anilines is 2. The molecule has 38 heavy (non-hydrogen) atoms. The third-order valence-corrected chi connectivity index (χ3v) is 7.18. The summed E-state index contributed by atoms with van der Waals surface area (Å²) in [6.07, 6.45) is 0. The monoisotopic (exact) mass is 534 g/mol. The van der Waals surface area contributed by atoms with E-state index >= 15 is 0 Å². The molecular weight excluding hydrogens is 499 g/mol. The predicted molar refractivity (Wildman–Crippen MR) is 155 cm³/mol. The molecule has 7 nitrogen and oxygen atoms in total. The zero-order valence-electron chi connectivity index (χ0n) is 22.6. The van der Waals surface area contributed by atoms with E-state index in [9.17, 15) is 9.59 Å². The Morgan fingerprint density at radius 3 is 2.21 bits per heavy atom. The summed E-state index contributed by atoms with van der Waals surface area (Å²) in [6.45, 7) is 8.40. The molecule has 1 heterocycles. The van der Waals surface area contributed by atoms with E-state index in [1.165, 1.54) is 22.9 Å². The van der Waals surface area contributed by atoms with Crippen molar-refractivity contribution in [1.82, 2.24) is 10.2 Å². The second-order valence-electron chi connectivity index (χ2n) is 10.2. The number of piperazine rings is 1. The molecule has 8 heteroatoms. The second-order valence-corrected chi connectivity index (χ2v) is 10.6. The maximum Gasteiger partial charge on any atom is 0.253 e. The highest BCUT2D eigenvalue weighted by atomic mass is 35.5. The van der Waals surface area contributed by atoms with Crippen LogP contribution in [0.3, 0.4) is 0 Å². The van der Waals surface area contributed by atoms with Crippen molar-refractivity contribution < 1.29 is 9.59 Å². The Labute approximate surface area is 230 Å². The summed E-state index contributed by atoms with van der Waals surface area (Å²) in [6, 6.07) is 17.8. The van der Waals surface area contributed by atoms with Gasteiger partial charge in [0.15, 0.2) is 0 Å². The number of carbonyl (C=O) groups excluding carboxylic acids is 2. The van der Waals surface area contributed by atoms with Gasteiger partial charge < -0.3 is 25.8 Å². The van der Waals surface area contributed by atoms with E-state index in [4.69, 9.17) is 17.3 Å². The number of halogens is 1. The van der Waals surface area contributed by atoms with Gasteiger partial charge in [0.25, 0.3) is 11.8 Å². The summed E-state index contributed by atoms with van der Waals surface area (Å²) in [7, 11) is 4.03. The van der Waals surface area contributed by atoms with E-state index in [1.807, 2.05) is 26.2 Å². The number of carbonyl (C=O) groups is 2. The second kappa shape index (κ2) is 11.9. The molecule has 0 radical (unpaired) electrons. The zero-order valence-corrected chi connectivity index (χ0v) is 23.3. The van der Waals surface area contributed by atoms with Crippen LogP contribution in [0, 0.1) is 13.8 Å². The summed E-state index contributed by atoms with van der Waals surface area (Å²) in [5.74, 6) is -0.930. The van der Waals surface area contributed by atoms with Crippen LogP contribution in [0.5, 0.6) is 0 Å². The fourth-order valence-electron chi connectivity index (χ4n) is 4.92. The Morgan fingerprint density at radius 2 is 1.55 bits per heavy atom. The number of primary amides is 1. The topological polar surface area (TPSA) is 81.9 Å². The van der Waals surface area contributed by atoms with E-state index in [0.29, 0.717) is 35.9 Å². The van der Waals surface area contributed by atoms with Crippen molar-refractivity contribution >= 4 is 34.8 Å². The van der Waals surface area contributed by atoms with Crippen LogP contribution in [0.1, 0.15) is 43.0 Å². The van der Waals surface area contributed by atoms with E-state index in [-0.39, 0.29) is 11.5 Å². The Bertz CT molecular complexity index is 1330. The van der Waals surface area contributed by atoms with Gasteiger partial charge in [-0.1, -0.05) is 48.0 Å². The fourth-order valence-corrected chi connectivity index (χ4v) is 5.17. The smallest absolute Gasteiger partial charge is 0.253 e. The van der Waals surface area contributed by atoms with Gasteiger partial charge in [-0.15, -0.1) is 0 Å². The Balaban J connectivity index is 1.48. The first-order chi connectivity index (χ1) is 18.1. The molecule has 0 unspecified atom stereocenters. The Hall–Kier alpha value is -3.55. The van der Waals surface area contributed by atoms with Crippen LogP contribution in [0.25, 0.3) is 0 Å². The first-order valence-electron chi connectivity index (χ1n) is 12.8. The Morgan fingerprint density at radius 1 is 0.895 bits per heavy atom. The number of hydrogen-bond acceptors (Lipinski definition) is 5. The molecule has 1 aliphatic heterocycles. The molecule has 0 spiro atoms. The van der Waals surface area contributed by atoms with Gasteiger partial charge in [0.05, 0.1) is 21.8 Å². The summed E-state index contributed by atoms with van der Waals surface area (Å²) in [5, 5.41) is 3.22. The number of nitrogens with one attached hydrogen (secondary N) is 1. The lowest BCUT2D eigenvalue weighted by molar-refractivity contribution is 0.0951. The number of aryl methyl sites for hydroxylation is 2. The summed E-state index contributed by atoms with van der Waals surface area (Å²) in [4.78, 5) is 32.0. The van der Waals surface area contributed by atoms with Gasteiger partial charge in [-0.05, 0) is 68.4 Å². The van der Waals surface area contributed by atoms with Crippen molar-refractivity contribution in [3.63, 3.8) is 0 Å². The molecule has 0 saturated carbocycles. The van der Waals surface area contributed by atoms with Crippen molar-refractivity contribution in [3.8, 4) is 0 Å². The van der Waals surface area contributed by atoms with Gasteiger partial charge in [0.1, 0.15) is 0 Å². The summed E-state index contributed by atoms with van der Waals surface area (Å²) >= 11 is 6.59. The average Bonchev–Trinajstić information content (AvgIpc) is 2.88. The third-order valence-electron chi connectivity index (χ3n) is 6.86. The van der Waals surface area contributed by atoms with Gasteiger partial charge >= 0.3 is 0 Å². The van der Waals surface area contributed by atoms with Crippen molar-refractivity contribution in [2.45, 2.75) is 26.9 Å². The highest BCUT2D eigenvalue weighted by Crippen LogP contribution is 2.31. The number of nitrogens with two attached hydrogens (primary N) is 1. The number of nitrogens with zero attached hydrogens (tertiary/aromatic N) is 3. The van der Waals surface area contributed by atoms with Crippen LogP contribution < -0.4 is 20.9 Å². The van der Waals surface area contributed by atoms with Crippen molar-refractivity contribution in [3.05, 3.63) is 93.0 Å². The third kappa shape index (κ3) is 6.47. The van der Waals surface area contributed by atoms with Crippen molar-refractivity contribution in [2.24, 2.45) is 5.73 Å². The normalized spacial score (nSPS) is 13.6. The van der Waals surface area contributed by atoms with Gasteiger partial charge in [-0.25, -0.2) is 0 Å². The van der Waals surface area contributed by atoms with Gasteiger partial charge in [-0.3, -0.25) is 9.59 Å². The number of benzene rings is 3. The van der Waals surface area contributed by atoms with Crippen LogP contribution in [0.4, 0.5) is 11.4 Å². The van der Waals surface area contributed by atoms with Crippen molar-refractivity contribution in [1.29, 1.82) is 0 Å². The first kappa shape index (κ1) is 27.5. The first-order valence-corrected chi connectivity index (χ1v) is 13.2. The standard InChI is InChI=1S/C30H36ClN5O2/c1-20-8-9-21(2)27(14-20)35-10-12-36(13-11-35)28-17-26(31)24(16-25(28)29(32)37)30(38)33-18-22-6-5-7-23(15-22)19-34(3)4/h5-9,14-17H,10-13,18-19H2,1-4H3,(H2,32,37)(H,33,38)/i25+1. The van der Waals surface area contributed by atoms with Gasteiger partial charge in [0.2, 0.25) is 0 Å². The minimum absolute atomic E-state index is 0.239. The molecule has 0 aromatic heterocycles. The molecule has 0 aliphatic carbocycles. The van der Waals surface area contributed by atoms with E-state index in [0.717, 1.165) is 30.8 Å². The number of rotatable bonds is 8. The zero-order chi connectivity index (χ0) is 27.4. The minimum atomic E-state index is -0.584. The minimum Gasteiger partial charge on any atom is -0.368 e. The molecule has 0 bridgehead atoms. The number of hydrogen-bond donors (Lipinski definition) is 2. The molecule has 3 aromatic rings. The Kier molecular flexibility index (Phi) is 8.59. The molecule has 4 rings (SSSR count). The molecule has 1 saturated heterocycles. The largest absolute Gasteiger partial charge is 0.368 e. The molecule has 0 atom stereocenters. The van der Waals surface area contributed by atoms with Crippen LogP contribution in [0.2, 0.25) is 5.02 Å². The van der Waals surface area contributed by atoms with Crippen LogP contribution in [-0.4, -0.2) is 57.0 Å². The van der Waals surface area contributed by atoms with E-state index in [1.54, 1.807) is 6.07 Å². The molecule has 3 aromatic carbocycles. The van der Waals surface area contributed by atoms with Crippen LogP contribution in [0.15, 0.2) is 54.6 Å². The summed E-state index contributed by atoms with van der Waals surface area (Å²) < 4.78 is 0. The van der Waals surface area contributed by atoms with E-state index in [2.05, 4.69) is 64.2 Å². The quantitative estimate of drug-likeness (QED) is 0.448. The SMILES string of the molecule is Cc1ccc(C)c(N2CCN(c3cc(Cl)c(C(=O)NCc4cccc(CN(C)C)c4)c[13c]3C(N)=O)CC2)c1. The molecule has 1 aliphatic rings. The molecule has 3 N–H and O–H groups in total. The van der Waals surface area contributed by atoms with Gasteiger partial charge in [0, 0.05) is 45.0 Å². The predicted octanol–water partition coefficient (Wildman–Crippen LogP) is 4.37. The lowest BCUT2D eigenvalue weighted by atomic mass is 10.1. The van der Waals surface area contributed by atoms with Crippen molar-refractivity contribution in [2.75, 3.05) is 50.1 Å². The van der Waals surface area contributed by atoms with Crippen LogP contribution >= 0.6 is 11.6 Å². The fraction of sp³-hybridized carbons (Fsp3) is 0.333. The highest BCUT2D eigenvalue weighted by Gasteiger charge is 2.25. The lowest BCUT2D eigenvalue weighted by Gasteiger charge is -2.38. The molecule has 200 valence electrons. The summed E-state index contributed by atoms with van der Waals surface area (Å²) in [5.41, 5.74) is 12.8. The average molecular weight is 535 g/mol. The maximum absolute atomic E-state index is 13.0. The van der Waals surface area contributed by atoms with E-state index < -0.39 is 5.91 Å². The van der Waals surface area contributed by atoms with Crippen LogP contribution in [-0.2, 0) is 13.1 Å². The van der Waals surface area contributed by atoms with Gasteiger partial charge in [-0.2, -0.15) is 0 Å². The number of amides is 2. The lowest BCUT2D eigenvalue weighted by Crippen LogP contribution is -2.47.